The number of cyclic esters (lactones) is 1. The van der Waals surface area contributed by atoms with E-state index in [9.17, 15) is 4.79 Å². The van der Waals surface area contributed by atoms with Gasteiger partial charge in [0, 0.05) is 25.8 Å². The van der Waals surface area contributed by atoms with Crippen molar-refractivity contribution in [3.63, 3.8) is 0 Å². The van der Waals surface area contributed by atoms with Gasteiger partial charge in [-0.1, -0.05) is 0 Å². The Balaban J connectivity index is 2.17. The molecule has 5 nitrogen and oxygen atoms in total. The predicted molar refractivity (Wildman–Crippen MR) is 66.2 cm³/mol. The van der Waals surface area contributed by atoms with E-state index in [0.717, 1.165) is 11.4 Å². The number of carbonyl (C=O) groups is 1. The highest BCUT2D eigenvalue weighted by molar-refractivity contribution is 5.87. The van der Waals surface area contributed by atoms with Gasteiger partial charge >= 0.3 is 5.97 Å². The lowest BCUT2D eigenvalue weighted by Gasteiger charge is -2.25. The topological polar surface area (TPSA) is 56.8 Å². The molecule has 0 bridgehead atoms. The Labute approximate surface area is 105 Å². The minimum absolute atomic E-state index is 0.421. The molecule has 0 amide bonds. The molecule has 0 saturated heterocycles. The number of carbonyl (C=O) groups excluding carboxylic acids is 1. The number of benzene rings is 1. The highest BCUT2D eigenvalue weighted by Crippen LogP contribution is 2.29. The summed E-state index contributed by atoms with van der Waals surface area (Å²) in [5.41, 5.74) is 1.39. The number of rotatable bonds is 4. The van der Waals surface area contributed by atoms with Crippen molar-refractivity contribution < 1.29 is 19.0 Å². The van der Waals surface area contributed by atoms with Crippen LogP contribution in [0.15, 0.2) is 36.0 Å². The molecule has 1 heterocycles. The third kappa shape index (κ3) is 2.31. The molecule has 2 rings (SSSR count). The second-order valence-corrected chi connectivity index (χ2v) is 3.98. The zero-order valence-corrected chi connectivity index (χ0v) is 10.5. The second-order valence-electron chi connectivity index (χ2n) is 3.98. The van der Waals surface area contributed by atoms with Crippen LogP contribution in [0.1, 0.15) is 6.92 Å². The van der Waals surface area contributed by atoms with Gasteiger partial charge in [0.05, 0.1) is 12.8 Å². The van der Waals surface area contributed by atoms with Crippen LogP contribution in [0.2, 0.25) is 0 Å². The van der Waals surface area contributed by atoms with Crippen molar-refractivity contribution in [1.82, 2.24) is 0 Å². The minimum Gasteiger partial charge on any atom is -0.497 e. The van der Waals surface area contributed by atoms with Gasteiger partial charge in [-0.2, -0.15) is 0 Å². The van der Waals surface area contributed by atoms with Crippen LogP contribution in [0.3, 0.4) is 0 Å². The Kier molecular flexibility index (Phi) is 3.25. The fourth-order valence-electron chi connectivity index (χ4n) is 1.66. The Morgan fingerprint density at radius 1 is 1.22 bits per heavy atom. The van der Waals surface area contributed by atoms with Crippen LogP contribution in [-0.4, -0.2) is 26.0 Å². The van der Waals surface area contributed by atoms with Crippen LogP contribution < -0.4 is 10.1 Å². The van der Waals surface area contributed by atoms with Gasteiger partial charge in [-0.25, -0.2) is 4.79 Å². The van der Waals surface area contributed by atoms with Crippen molar-refractivity contribution in [2.45, 2.75) is 12.7 Å². The predicted octanol–water partition coefficient (Wildman–Crippen LogP) is 1.91. The van der Waals surface area contributed by atoms with E-state index >= 15 is 0 Å². The van der Waals surface area contributed by atoms with Crippen LogP contribution in [0, 0.1) is 0 Å². The third-order valence-corrected chi connectivity index (χ3v) is 2.81. The van der Waals surface area contributed by atoms with Crippen LogP contribution >= 0.6 is 0 Å². The molecule has 0 saturated carbocycles. The summed E-state index contributed by atoms with van der Waals surface area (Å²) in [6, 6.07) is 7.34. The Morgan fingerprint density at radius 2 is 1.89 bits per heavy atom. The summed E-state index contributed by atoms with van der Waals surface area (Å²) in [6.07, 6.45) is 1.38. The molecule has 1 atom stereocenters. The van der Waals surface area contributed by atoms with Crippen LogP contribution in [0.25, 0.3) is 0 Å². The van der Waals surface area contributed by atoms with Crippen molar-refractivity contribution in [2.24, 2.45) is 0 Å². The van der Waals surface area contributed by atoms with E-state index in [1.54, 1.807) is 14.0 Å². The molecule has 1 aliphatic rings. The van der Waals surface area contributed by atoms with Gasteiger partial charge in [0.25, 0.3) is 5.79 Å². The zero-order chi connectivity index (χ0) is 13.2. The number of anilines is 1. The summed E-state index contributed by atoms with van der Waals surface area (Å²) in [6.45, 7) is 1.68. The smallest absolute Gasteiger partial charge is 0.335 e. The zero-order valence-electron chi connectivity index (χ0n) is 10.5. The lowest BCUT2D eigenvalue weighted by atomic mass is 10.2. The average Bonchev–Trinajstić information content (AvgIpc) is 2.66. The Hall–Kier alpha value is -2.01. The molecule has 5 heteroatoms. The van der Waals surface area contributed by atoms with E-state index in [2.05, 4.69) is 5.32 Å². The molecule has 0 radical (unpaired) electrons. The van der Waals surface area contributed by atoms with Gasteiger partial charge in [-0.3, -0.25) is 0 Å². The Bertz CT molecular complexity index is 480. The lowest BCUT2D eigenvalue weighted by Crippen LogP contribution is -2.33. The van der Waals surface area contributed by atoms with Gasteiger partial charge in [-0.05, 0) is 24.3 Å². The molecule has 96 valence electrons. The molecule has 1 aromatic rings. The SMILES string of the molecule is COc1ccc(NC2=CC(=O)O[C@]2(C)OC)cc1. The summed E-state index contributed by atoms with van der Waals surface area (Å²) in [5.74, 6) is -0.713. The molecule has 0 unspecified atom stereocenters. The average molecular weight is 249 g/mol. The molecule has 1 N–H and O–H groups in total. The van der Waals surface area contributed by atoms with Gasteiger partial charge in [0.1, 0.15) is 5.75 Å². The highest BCUT2D eigenvalue weighted by Gasteiger charge is 2.39. The van der Waals surface area contributed by atoms with Crippen molar-refractivity contribution in [3.05, 3.63) is 36.0 Å². The summed E-state index contributed by atoms with van der Waals surface area (Å²) in [5, 5.41) is 3.10. The van der Waals surface area contributed by atoms with Crippen LogP contribution in [-0.2, 0) is 14.3 Å². The molecule has 0 aromatic heterocycles. The first-order valence-corrected chi connectivity index (χ1v) is 5.49. The van der Waals surface area contributed by atoms with Crippen molar-refractivity contribution >= 4 is 11.7 Å². The van der Waals surface area contributed by atoms with E-state index in [0.29, 0.717) is 5.70 Å². The number of esters is 1. The fourth-order valence-corrected chi connectivity index (χ4v) is 1.66. The summed E-state index contributed by atoms with van der Waals surface area (Å²) in [7, 11) is 3.10. The first-order chi connectivity index (χ1) is 8.57. The fraction of sp³-hybridized carbons (Fsp3) is 0.308. The second kappa shape index (κ2) is 4.70. The maximum Gasteiger partial charge on any atom is 0.335 e. The van der Waals surface area contributed by atoms with E-state index in [4.69, 9.17) is 14.2 Å². The number of nitrogens with one attached hydrogen (secondary N) is 1. The Morgan fingerprint density at radius 3 is 2.44 bits per heavy atom. The number of hydrogen-bond donors (Lipinski definition) is 1. The maximum absolute atomic E-state index is 11.3. The summed E-state index contributed by atoms with van der Waals surface area (Å²) in [4.78, 5) is 11.3. The number of hydrogen-bond acceptors (Lipinski definition) is 5. The molecule has 0 fully saturated rings. The van der Waals surface area contributed by atoms with Crippen LogP contribution in [0.5, 0.6) is 5.75 Å². The van der Waals surface area contributed by atoms with E-state index in [-0.39, 0.29) is 0 Å². The largest absolute Gasteiger partial charge is 0.497 e. The normalized spacial score (nSPS) is 22.4. The summed E-state index contributed by atoms with van der Waals surface area (Å²) >= 11 is 0. The highest BCUT2D eigenvalue weighted by atomic mass is 16.7. The molecule has 0 aliphatic carbocycles. The molecular formula is C13H15NO4. The number of ether oxygens (including phenoxy) is 3. The van der Waals surface area contributed by atoms with Crippen molar-refractivity contribution in [1.29, 1.82) is 0 Å². The van der Waals surface area contributed by atoms with Crippen molar-refractivity contribution in [2.75, 3.05) is 19.5 Å². The monoisotopic (exact) mass is 249 g/mol. The maximum atomic E-state index is 11.3. The van der Waals surface area contributed by atoms with Gasteiger partial charge in [0.15, 0.2) is 0 Å². The first kappa shape index (κ1) is 12.4. The lowest BCUT2D eigenvalue weighted by molar-refractivity contribution is -0.184. The van der Waals surface area contributed by atoms with Crippen LogP contribution in [0.4, 0.5) is 5.69 Å². The quantitative estimate of drug-likeness (QED) is 0.826. The molecule has 1 aliphatic heterocycles. The minimum atomic E-state index is -1.06. The van der Waals surface area contributed by atoms with Gasteiger partial charge < -0.3 is 19.5 Å². The van der Waals surface area contributed by atoms with E-state index < -0.39 is 11.8 Å². The summed E-state index contributed by atoms with van der Waals surface area (Å²) < 4.78 is 15.4. The molecule has 18 heavy (non-hydrogen) atoms. The molecule has 1 aromatic carbocycles. The van der Waals surface area contributed by atoms with E-state index in [1.165, 1.54) is 13.2 Å². The van der Waals surface area contributed by atoms with Crippen molar-refractivity contribution in [3.8, 4) is 5.75 Å². The number of methoxy groups -OCH3 is 2. The van der Waals surface area contributed by atoms with Gasteiger partial charge in [0.2, 0.25) is 0 Å². The van der Waals surface area contributed by atoms with Gasteiger partial charge in [-0.15, -0.1) is 0 Å². The first-order valence-electron chi connectivity index (χ1n) is 5.49. The standard InChI is InChI=1S/C13H15NO4/c1-13(17-3)11(8-12(15)18-13)14-9-4-6-10(16-2)7-5-9/h4-8,14H,1-3H3/t13-/m0/s1. The molecule has 0 spiro atoms. The molecular weight excluding hydrogens is 234 g/mol. The van der Waals surface area contributed by atoms with E-state index in [1.807, 2.05) is 24.3 Å². The third-order valence-electron chi connectivity index (χ3n) is 2.81.